The van der Waals surface area contributed by atoms with Gasteiger partial charge in [0.2, 0.25) is 5.95 Å². The number of hydrogen-bond acceptors (Lipinski definition) is 6. The molecule has 2 heterocycles. The van der Waals surface area contributed by atoms with E-state index in [4.69, 9.17) is 5.73 Å². The van der Waals surface area contributed by atoms with Crippen LogP contribution in [0.4, 0.5) is 5.95 Å². The highest BCUT2D eigenvalue weighted by Crippen LogP contribution is 2.12. The fourth-order valence-electron chi connectivity index (χ4n) is 2.52. The predicted octanol–water partition coefficient (Wildman–Crippen LogP) is 0.439. The van der Waals surface area contributed by atoms with Crippen LogP contribution < -0.4 is 16.4 Å². The molecule has 0 amide bonds. The molecular formula is C17H15N4O3-. The number of H-pyrrole nitrogens is 1. The predicted molar refractivity (Wildman–Crippen MR) is 87.4 cm³/mol. The quantitative estimate of drug-likeness (QED) is 0.702. The standard InChI is InChI=1S/C17H16N4O3/c18-17-20-14-13(15(22)21-17)8-11(9-19-14)3-1-2-10-4-6-12(7-5-10)16(23)24/h4-9H,1-3H2,(H,23,24)(H3,18,19,20,21,22)/p-1. The summed E-state index contributed by atoms with van der Waals surface area (Å²) >= 11 is 0. The average molecular weight is 323 g/mol. The normalized spacial score (nSPS) is 10.8. The molecule has 0 fully saturated rings. The van der Waals surface area contributed by atoms with Crippen molar-refractivity contribution >= 4 is 23.0 Å². The van der Waals surface area contributed by atoms with E-state index in [-0.39, 0.29) is 17.1 Å². The topological polar surface area (TPSA) is 125 Å². The first kappa shape index (κ1) is 15.7. The van der Waals surface area contributed by atoms with E-state index in [0.717, 1.165) is 30.4 Å². The number of anilines is 1. The van der Waals surface area contributed by atoms with E-state index in [9.17, 15) is 14.7 Å². The summed E-state index contributed by atoms with van der Waals surface area (Å²) in [5, 5.41) is 11.1. The van der Waals surface area contributed by atoms with Crippen LogP contribution in [0.5, 0.6) is 0 Å². The van der Waals surface area contributed by atoms with E-state index >= 15 is 0 Å². The summed E-state index contributed by atoms with van der Waals surface area (Å²) in [4.78, 5) is 33.2. The Bertz CT molecular complexity index is 948. The Labute approximate surface area is 137 Å². The third kappa shape index (κ3) is 3.40. The molecule has 3 rings (SSSR count). The highest BCUT2D eigenvalue weighted by molar-refractivity contribution is 5.85. The Hall–Kier alpha value is -3.22. The minimum absolute atomic E-state index is 0.0488. The molecular weight excluding hydrogens is 308 g/mol. The molecule has 0 aliphatic carbocycles. The third-order valence-corrected chi connectivity index (χ3v) is 3.76. The number of carbonyl (C=O) groups excluding carboxylic acids is 1. The maximum atomic E-state index is 11.9. The van der Waals surface area contributed by atoms with E-state index < -0.39 is 5.97 Å². The first-order chi connectivity index (χ1) is 11.5. The Kier molecular flexibility index (Phi) is 4.24. The molecule has 0 bridgehead atoms. The van der Waals surface area contributed by atoms with Gasteiger partial charge in [-0.25, -0.2) is 4.98 Å². The molecule has 1 aromatic carbocycles. The largest absolute Gasteiger partial charge is 0.545 e. The summed E-state index contributed by atoms with van der Waals surface area (Å²) < 4.78 is 0. The molecule has 0 spiro atoms. The van der Waals surface area contributed by atoms with Crippen LogP contribution in [0.1, 0.15) is 27.9 Å². The second kappa shape index (κ2) is 6.49. The Morgan fingerprint density at radius 2 is 1.88 bits per heavy atom. The van der Waals surface area contributed by atoms with Crippen LogP contribution in [0.15, 0.2) is 41.3 Å². The zero-order valence-corrected chi connectivity index (χ0v) is 12.8. The number of fused-ring (bicyclic) bond motifs is 1. The molecule has 2 aromatic heterocycles. The van der Waals surface area contributed by atoms with Crippen LogP contribution in [0.25, 0.3) is 11.0 Å². The van der Waals surface area contributed by atoms with Gasteiger partial charge in [-0.05, 0) is 42.0 Å². The molecule has 0 aliphatic heterocycles. The van der Waals surface area contributed by atoms with Crippen molar-refractivity contribution in [3.63, 3.8) is 0 Å². The number of carbonyl (C=O) groups is 1. The van der Waals surface area contributed by atoms with Gasteiger partial charge in [0.25, 0.3) is 5.56 Å². The molecule has 0 saturated carbocycles. The van der Waals surface area contributed by atoms with E-state index in [1.165, 1.54) is 12.1 Å². The van der Waals surface area contributed by atoms with E-state index in [2.05, 4.69) is 15.0 Å². The third-order valence-electron chi connectivity index (χ3n) is 3.76. The summed E-state index contributed by atoms with van der Waals surface area (Å²) in [6.07, 6.45) is 4.07. The lowest BCUT2D eigenvalue weighted by Crippen LogP contribution is -2.21. The fraction of sp³-hybridized carbons (Fsp3) is 0.176. The number of rotatable bonds is 5. The van der Waals surface area contributed by atoms with Crippen molar-refractivity contribution < 1.29 is 9.90 Å². The van der Waals surface area contributed by atoms with E-state index in [1.807, 2.05) is 0 Å². The van der Waals surface area contributed by atoms with Gasteiger partial charge in [0.15, 0.2) is 5.65 Å². The van der Waals surface area contributed by atoms with E-state index in [1.54, 1.807) is 24.4 Å². The van der Waals surface area contributed by atoms with Gasteiger partial charge in [0, 0.05) is 6.20 Å². The number of nitrogens with one attached hydrogen (secondary N) is 1. The lowest BCUT2D eigenvalue weighted by Gasteiger charge is -2.06. The van der Waals surface area contributed by atoms with Gasteiger partial charge in [-0.1, -0.05) is 24.3 Å². The summed E-state index contributed by atoms with van der Waals surface area (Å²) in [5.41, 5.74) is 7.67. The van der Waals surface area contributed by atoms with Gasteiger partial charge < -0.3 is 15.6 Å². The maximum Gasteiger partial charge on any atom is 0.261 e. The number of benzene rings is 1. The van der Waals surface area contributed by atoms with Crippen molar-refractivity contribution in [2.45, 2.75) is 19.3 Å². The SMILES string of the molecule is Nc1nc2ncc(CCCc3ccc(C(=O)[O-])cc3)cc2c(=O)[nH]1. The molecule has 7 nitrogen and oxygen atoms in total. The number of nitrogens with zero attached hydrogens (tertiary/aromatic N) is 2. The zero-order valence-electron chi connectivity index (χ0n) is 12.8. The number of carboxylic acid groups (broad SMARTS) is 1. The molecule has 3 aromatic rings. The van der Waals surface area contributed by atoms with Crippen LogP contribution in [0.2, 0.25) is 0 Å². The number of aryl methyl sites for hydroxylation is 2. The van der Waals surface area contributed by atoms with Crippen molar-refractivity contribution in [2.24, 2.45) is 0 Å². The first-order valence-corrected chi connectivity index (χ1v) is 7.47. The number of aromatic amines is 1. The van der Waals surface area contributed by atoms with Crippen molar-refractivity contribution in [1.82, 2.24) is 15.0 Å². The Balaban J connectivity index is 1.67. The van der Waals surface area contributed by atoms with Crippen LogP contribution >= 0.6 is 0 Å². The summed E-state index contributed by atoms with van der Waals surface area (Å²) in [7, 11) is 0. The minimum Gasteiger partial charge on any atom is -0.545 e. The number of nitrogen functional groups attached to an aromatic ring is 1. The van der Waals surface area contributed by atoms with Crippen molar-refractivity contribution in [2.75, 3.05) is 5.73 Å². The zero-order chi connectivity index (χ0) is 17.1. The minimum atomic E-state index is -1.18. The second-order valence-electron chi connectivity index (χ2n) is 5.50. The molecule has 0 atom stereocenters. The van der Waals surface area contributed by atoms with Crippen molar-refractivity contribution in [1.29, 1.82) is 0 Å². The summed E-state index contributed by atoms with van der Waals surface area (Å²) in [5.74, 6) is -1.13. The van der Waals surface area contributed by atoms with Crippen LogP contribution in [0, 0.1) is 0 Å². The molecule has 122 valence electrons. The number of aromatic carboxylic acids is 1. The number of pyridine rings is 1. The monoisotopic (exact) mass is 323 g/mol. The van der Waals surface area contributed by atoms with Crippen molar-refractivity contribution in [3.05, 3.63) is 63.6 Å². The first-order valence-electron chi connectivity index (χ1n) is 7.47. The molecule has 0 aliphatic rings. The molecule has 0 unspecified atom stereocenters. The summed E-state index contributed by atoms with van der Waals surface area (Å²) in [6, 6.07) is 8.41. The van der Waals surface area contributed by atoms with Crippen LogP contribution in [-0.2, 0) is 12.8 Å². The number of nitrogens with two attached hydrogens (primary N) is 1. The highest BCUT2D eigenvalue weighted by atomic mass is 16.4. The van der Waals surface area contributed by atoms with Crippen molar-refractivity contribution in [3.8, 4) is 0 Å². The van der Waals surface area contributed by atoms with Gasteiger partial charge in [0.05, 0.1) is 11.4 Å². The second-order valence-corrected chi connectivity index (χ2v) is 5.50. The Morgan fingerprint density at radius 1 is 1.17 bits per heavy atom. The number of aromatic nitrogens is 3. The molecule has 0 saturated heterocycles. The van der Waals surface area contributed by atoms with Crippen LogP contribution in [-0.4, -0.2) is 20.9 Å². The molecule has 3 N–H and O–H groups in total. The average Bonchev–Trinajstić information content (AvgIpc) is 2.55. The summed E-state index contributed by atoms with van der Waals surface area (Å²) in [6.45, 7) is 0. The highest BCUT2D eigenvalue weighted by Gasteiger charge is 2.05. The van der Waals surface area contributed by atoms with Gasteiger partial charge >= 0.3 is 0 Å². The number of hydrogen-bond donors (Lipinski definition) is 2. The smallest absolute Gasteiger partial charge is 0.261 e. The lowest BCUT2D eigenvalue weighted by molar-refractivity contribution is -0.255. The number of carboxylic acids is 1. The van der Waals surface area contributed by atoms with Crippen LogP contribution in [0.3, 0.4) is 0 Å². The fourth-order valence-corrected chi connectivity index (χ4v) is 2.52. The Morgan fingerprint density at radius 3 is 2.58 bits per heavy atom. The van der Waals surface area contributed by atoms with Gasteiger partial charge in [-0.15, -0.1) is 0 Å². The van der Waals surface area contributed by atoms with E-state index in [0.29, 0.717) is 11.0 Å². The van der Waals surface area contributed by atoms with Gasteiger partial charge in [0.1, 0.15) is 0 Å². The molecule has 0 radical (unpaired) electrons. The maximum absolute atomic E-state index is 11.9. The van der Waals surface area contributed by atoms with Gasteiger partial charge in [-0.2, -0.15) is 4.98 Å². The lowest BCUT2D eigenvalue weighted by atomic mass is 10.0. The van der Waals surface area contributed by atoms with Gasteiger partial charge in [-0.3, -0.25) is 9.78 Å². The molecule has 7 heteroatoms. The molecule has 24 heavy (non-hydrogen) atoms.